The van der Waals surface area contributed by atoms with Crippen LogP contribution in [0.2, 0.25) is 0 Å². The summed E-state index contributed by atoms with van der Waals surface area (Å²) in [6, 6.07) is 4.63. The molecular formula is C23H36FN3O3. The summed E-state index contributed by atoms with van der Waals surface area (Å²) in [5.74, 6) is 0.545. The van der Waals surface area contributed by atoms with E-state index in [0.29, 0.717) is 31.5 Å². The number of rotatable bonds is 10. The Morgan fingerprint density at radius 2 is 1.87 bits per heavy atom. The average molecular weight is 422 g/mol. The molecule has 1 saturated heterocycles. The number of piperazine rings is 1. The van der Waals surface area contributed by atoms with Crippen LogP contribution in [0.5, 0.6) is 5.75 Å². The Kier molecular flexibility index (Phi) is 9.36. The van der Waals surface area contributed by atoms with Gasteiger partial charge in [-0.15, -0.1) is 0 Å². The highest BCUT2D eigenvalue weighted by Gasteiger charge is 2.20. The van der Waals surface area contributed by atoms with Crippen LogP contribution >= 0.6 is 0 Å². The highest BCUT2D eigenvalue weighted by molar-refractivity contribution is 5.77. The molecular weight excluding hydrogens is 385 g/mol. The van der Waals surface area contributed by atoms with Crippen LogP contribution < -0.4 is 10.1 Å². The maximum atomic E-state index is 13.6. The molecule has 0 bridgehead atoms. The van der Waals surface area contributed by atoms with Gasteiger partial charge >= 0.3 is 0 Å². The van der Waals surface area contributed by atoms with Crippen molar-refractivity contribution in [3.8, 4) is 5.75 Å². The summed E-state index contributed by atoms with van der Waals surface area (Å²) in [5.41, 5.74) is 0.860. The van der Waals surface area contributed by atoms with E-state index in [1.165, 1.54) is 44.2 Å². The second-order valence-corrected chi connectivity index (χ2v) is 8.34. The second-order valence-electron chi connectivity index (χ2n) is 8.34. The number of methoxy groups -OCH3 is 1. The predicted molar refractivity (Wildman–Crippen MR) is 115 cm³/mol. The first-order chi connectivity index (χ1) is 14.6. The van der Waals surface area contributed by atoms with E-state index in [2.05, 4.69) is 15.1 Å². The van der Waals surface area contributed by atoms with Crippen molar-refractivity contribution in [3.05, 3.63) is 29.6 Å². The third kappa shape index (κ3) is 7.52. The standard InChI is InChI=1S/C23H36FN3O3/c1-29-22-9-8-20(24)16-19(22)17-26-11-13-27(14-12-26)18-23(28)25-10-5-15-30-21-6-3-2-4-7-21/h8-9,16,21H,2-7,10-15,17-18H2,1H3,(H,25,28). The minimum Gasteiger partial charge on any atom is -0.496 e. The van der Waals surface area contributed by atoms with Gasteiger partial charge in [0, 0.05) is 51.4 Å². The van der Waals surface area contributed by atoms with Gasteiger partial charge in [-0.05, 0) is 37.5 Å². The average Bonchev–Trinajstić information content (AvgIpc) is 2.76. The Labute approximate surface area is 179 Å². The summed E-state index contributed by atoms with van der Waals surface area (Å²) in [7, 11) is 1.61. The monoisotopic (exact) mass is 421 g/mol. The maximum Gasteiger partial charge on any atom is 0.234 e. The fraction of sp³-hybridized carbons (Fsp3) is 0.696. The number of hydrogen-bond acceptors (Lipinski definition) is 5. The lowest BCUT2D eigenvalue weighted by molar-refractivity contribution is -0.122. The molecule has 7 heteroatoms. The van der Waals surface area contributed by atoms with Crippen LogP contribution in [0.15, 0.2) is 18.2 Å². The van der Waals surface area contributed by atoms with Crippen LogP contribution in [0.25, 0.3) is 0 Å². The van der Waals surface area contributed by atoms with Crippen molar-refractivity contribution in [2.75, 3.05) is 53.0 Å². The van der Waals surface area contributed by atoms with Crippen LogP contribution in [0.1, 0.15) is 44.1 Å². The van der Waals surface area contributed by atoms with Gasteiger partial charge < -0.3 is 14.8 Å². The molecule has 168 valence electrons. The molecule has 0 unspecified atom stereocenters. The fourth-order valence-corrected chi connectivity index (χ4v) is 4.26. The number of amides is 1. The second kappa shape index (κ2) is 12.2. The summed E-state index contributed by atoms with van der Waals surface area (Å²) in [6.45, 7) is 5.84. The molecule has 0 aromatic heterocycles. The van der Waals surface area contributed by atoms with Gasteiger partial charge in [0.1, 0.15) is 11.6 Å². The zero-order chi connectivity index (χ0) is 21.2. The SMILES string of the molecule is COc1ccc(F)cc1CN1CCN(CC(=O)NCCCOC2CCCCC2)CC1. The molecule has 1 amide bonds. The molecule has 0 radical (unpaired) electrons. The van der Waals surface area contributed by atoms with Gasteiger partial charge in [0.25, 0.3) is 0 Å². The van der Waals surface area contributed by atoms with E-state index in [4.69, 9.17) is 9.47 Å². The Hall–Kier alpha value is -1.70. The van der Waals surface area contributed by atoms with Gasteiger partial charge in [-0.25, -0.2) is 4.39 Å². The summed E-state index contributed by atoms with van der Waals surface area (Å²) in [4.78, 5) is 16.7. The van der Waals surface area contributed by atoms with Crippen molar-refractivity contribution in [1.82, 2.24) is 15.1 Å². The number of halogens is 1. The Morgan fingerprint density at radius 3 is 2.60 bits per heavy atom. The lowest BCUT2D eigenvalue weighted by Gasteiger charge is -2.34. The number of ether oxygens (including phenoxy) is 2. The summed E-state index contributed by atoms with van der Waals surface area (Å²) in [5, 5.41) is 3.01. The van der Waals surface area contributed by atoms with Crippen LogP contribution in [-0.4, -0.2) is 74.8 Å². The van der Waals surface area contributed by atoms with Crippen molar-refractivity contribution in [3.63, 3.8) is 0 Å². The van der Waals surface area contributed by atoms with Gasteiger partial charge in [-0.1, -0.05) is 19.3 Å². The van der Waals surface area contributed by atoms with Gasteiger partial charge in [-0.3, -0.25) is 14.6 Å². The van der Waals surface area contributed by atoms with E-state index in [-0.39, 0.29) is 11.7 Å². The van der Waals surface area contributed by atoms with E-state index in [0.717, 1.165) is 44.8 Å². The molecule has 1 aliphatic carbocycles. The first kappa shape index (κ1) is 23.0. The molecule has 1 aromatic carbocycles. The highest BCUT2D eigenvalue weighted by atomic mass is 19.1. The van der Waals surface area contributed by atoms with Gasteiger partial charge in [-0.2, -0.15) is 0 Å². The van der Waals surface area contributed by atoms with Gasteiger partial charge in [0.15, 0.2) is 0 Å². The molecule has 1 aliphatic heterocycles. The van der Waals surface area contributed by atoms with Crippen molar-refractivity contribution >= 4 is 5.91 Å². The smallest absolute Gasteiger partial charge is 0.234 e. The number of nitrogens with one attached hydrogen (secondary N) is 1. The number of carbonyl (C=O) groups is 1. The third-order valence-electron chi connectivity index (χ3n) is 6.02. The van der Waals surface area contributed by atoms with Crippen molar-refractivity contribution in [1.29, 1.82) is 0 Å². The molecule has 3 rings (SSSR count). The normalized spacial score (nSPS) is 19.0. The highest BCUT2D eigenvalue weighted by Crippen LogP contribution is 2.22. The van der Waals surface area contributed by atoms with Gasteiger partial charge in [0.2, 0.25) is 5.91 Å². The van der Waals surface area contributed by atoms with Crippen molar-refractivity contribution in [2.45, 2.75) is 51.2 Å². The maximum absolute atomic E-state index is 13.6. The number of benzene rings is 1. The molecule has 1 aromatic rings. The van der Waals surface area contributed by atoms with E-state index < -0.39 is 0 Å². The third-order valence-corrected chi connectivity index (χ3v) is 6.02. The lowest BCUT2D eigenvalue weighted by atomic mass is 9.98. The quantitative estimate of drug-likeness (QED) is 0.589. The molecule has 1 saturated carbocycles. The summed E-state index contributed by atoms with van der Waals surface area (Å²) in [6.07, 6.45) is 7.57. The van der Waals surface area contributed by atoms with Crippen molar-refractivity contribution < 1.29 is 18.7 Å². The minimum atomic E-state index is -0.245. The van der Waals surface area contributed by atoms with E-state index >= 15 is 0 Å². The number of carbonyl (C=O) groups excluding carboxylic acids is 1. The first-order valence-corrected chi connectivity index (χ1v) is 11.3. The molecule has 30 heavy (non-hydrogen) atoms. The molecule has 6 nitrogen and oxygen atoms in total. The summed E-state index contributed by atoms with van der Waals surface area (Å²) < 4.78 is 24.8. The number of nitrogens with zero attached hydrogens (tertiary/aromatic N) is 2. The predicted octanol–water partition coefficient (Wildman–Crippen LogP) is 2.81. The fourth-order valence-electron chi connectivity index (χ4n) is 4.26. The van der Waals surface area contributed by atoms with Crippen LogP contribution in [0.4, 0.5) is 4.39 Å². The Morgan fingerprint density at radius 1 is 1.13 bits per heavy atom. The van der Waals surface area contributed by atoms with Crippen LogP contribution in [0, 0.1) is 5.82 Å². The van der Waals surface area contributed by atoms with Crippen molar-refractivity contribution in [2.24, 2.45) is 0 Å². The molecule has 0 atom stereocenters. The molecule has 2 aliphatic rings. The minimum absolute atomic E-state index is 0.0768. The first-order valence-electron chi connectivity index (χ1n) is 11.3. The van der Waals surface area contributed by atoms with Gasteiger partial charge in [0.05, 0.1) is 19.8 Å². The molecule has 1 heterocycles. The summed E-state index contributed by atoms with van der Waals surface area (Å²) >= 11 is 0. The Balaban J connectivity index is 1.28. The molecule has 1 N–H and O–H groups in total. The van der Waals surface area contributed by atoms with Crippen LogP contribution in [0.3, 0.4) is 0 Å². The lowest BCUT2D eigenvalue weighted by Crippen LogP contribution is -2.49. The Bertz CT molecular complexity index is 659. The zero-order valence-electron chi connectivity index (χ0n) is 18.2. The van der Waals surface area contributed by atoms with E-state index in [1.54, 1.807) is 13.2 Å². The topological polar surface area (TPSA) is 54.0 Å². The largest absolute Gasteiger partial charge is 0.496 e. The van der Waals surface area contributed by atoms with E-state index in [9.17, 15) is 9.18 Å². The van der Waals surface area contributed by atoms with E-state index in [1.807, 2.05) is 0 Å². The number of hydrogen-bond donors (Lipinski definition) is 1. The van der Waals surface area contributed by atoms with Crippen LogP contribution in [-0.2, 0) is 16.1 Å². The zero-order valence-corrected chi connectivity index (χ0v) is 18.2. The molecule has 2 fully saturated rings. The molecule has 0 spiro atoms.